The van der Waals surface area contributed by atoms with Crippen LogP contribution in [-0.2, 0) is 0 Å². The monoisotopic (exact) mass is 270 g/mol. The zero-order valence-corrected chi connectivity index (χ0v) is 11.3. The standard InChI is InChI=1S/C12H19ClN4O/c1-8-10(14)11(16-12(13)15-8)17-6-4-2-3-5-9(17)7-18/h9,18H,2-7,14H2,1H3. The van der Waals surface area contributed by atoms with Crippen molar-refractivity contribution in [3.63, 3.8) is 0 Å². The first kappa shape index (κ1) is 13.4. The first-order chi connectivity index (χ1) is 8.63. The van der Waals surface area contributed by atoms with E-state index in [1.165, 1.54) is 6.42 Å². The number of halogens is 1. The summed E-state index contributed by atoms with van der Waals surface area (Å²) in [7, 11) is 0. The molecule has 1 aromatic heterocycles. The summed E-state index contributed by atoms with van der Waals surface area (Å²) in [4.78, 5) is 10.4. The van der Waals surface area contributed by atoms with E-state index in [4.69, 9.17) is 17.3 Å². The molecular formula is C12H19ClN4O. The molecule has 1 unspecified atom stereocenters. The van der Waals surface area contributed by atoms with Gasteiger partial charge in [0.2, 0.25) is 5.28 Å². The Morgan fingerprint density at radius 3 is 2.89 bits per heavy atom. The van der Waals surface area contributed by atoms with Gasteiger partial charge in [-0.15, -0.1) is 0 Å². The highest BCUT2D eigenvalue weighted by Gasteiger charge is 2.24. The lowest BCUT2D eigenvalue weighted by molar-refractivity contribution is 0.254. The van der Waals surface area contributed by atoms with E-state index in [2.05, 4.69) is 14.9 Å². The van der Waals surface area contributed by atoms with Crippen molar-refractivity contribution in [3.8, 4) is 0 Å². The largest absolute Gasteiger partial charge is 0.394 e. The summed E-state index contributed by atoms with van der Waals surface area (Å²) in [5, 5.41) is 9.72. The Bertz CT molecular complexity index is 427. The van der Waals surface area contributed by atoms with Gasteiger partial charge in [-0.3, -0.25) is 0 Å². The van der Waals surface area contributed by atoms with Crippen LogP contribution in [0, 0.1) is 6.92 Å². The van der Waals surface area contributed by atoms with E-state index in [0.29, 0.717) is 17.2 Å². The van der Waals surface area contributed by atoms with Crippen LogP contribution in [-0.4, -0.2) is 34.3 Å². The Balaban J connectivity index is 2.38. The third kappa shape index (κ3) is 2.67. The van der Waals surface area contributed by atoms with Crippen LogP contribution in [0.1, 0.15) is 31.4 Å². The lowest BCUT2D eigenvalue weighted by atomic mass is 10.1. The Morgan fingerprint density at radius 2 is 2.17 bits per heavy atom. The molecule has 1 fully saturated rings. The number of aromatic nitrogens is 2. The quantitative estimate of drug-likeness (QED) is 0.801. The molecule has 18 heavy (non-hydrogen) atoms. The Morgan fingerprint density at radius 1 is 1.39 bits per heavy atom. The maximum Gasteiger partial charge on any atom is 0.224 e. The van der Waals surface area contributed by atoms with Crippen molar-refractivity contribution in [2.75, 3.05) is 23.8 Å². The fourth-order valence-electron chi connectivity index (χ4n) is 2.40. The van der Waals surface area contributed by atoms with E-state index >= 15 is 0 Å². The summed E-state index contributed by atoms with van der Waals surface area (Å²) in [6.45, 7) is 2.78. The Kier molecular flexibility index (Phi) is 4.24. The summed E-state index contributed by atoms with van der Waals surface area (Å²) in [5.41, 5.74) is 7.28. The Hall–Kier alpha value is -1.07. The van der Waals surface area contributed by atoms with Gasteiger partial charge in [-0.05, 0) is 31.4 Å². The number of nitrogens with zero attached hydrogens (tertiary/aromatic N) is 3. The van der Waals surface area contributed by atoms with Crippen molar-refractivity contribution in [3.05, 3.63) is 11.0 Å². The van der Waals surface area contributed by atoms with E-state index in [9.17, 15) is 5.11 Å². The van der Waals surface area contributed by atoms with Gasteiger partial charge in [-0.1, -0.05) is 12.8 Å². The van der Waals surface area contributed by atoms with Gasteiger partial charge in [0.15, 0.2) is 5.82 Å². The molecule has 0 saturated carbocycles. The third-order valence-electron chi connectivity index (χ3n) is 3.45. The maximum absolute atomic E-state index is 9.52. The third-order valence-corrected chi connectivity index (χ3v) is 3.62. The molecular weight excluding hydrogens is 252 g/mol. The van der Waals surface area contributed by atoms with Crippen LogP contribution in [0.15, 0.2) is 0 Å². The number of aliphatic hydroxyl groups excluding tert-OH is 1. The predicted octanol–water partition coefficient (Wildman–Crippen LogP) is 1.76. The lowest BCUT2D eigenvalue weighted by Crippen LogP contribution is -2.38. The van der Waals surface area contributed by atoms with Gasteiger partial charge >= 0.3 is 0 Å². The van der Waals surface area contributed by atoms with E-state index in [1.54, 1.807) is 0 Å². The van der Waals surface area contributed by atoms with Crippen molar-refractivity contribution < 1.29 is 5.11 Å². The van der Waals surface area contributed by atoms with Gasteiger partial charge in [-0.25, -0.2) is 4.98 Å². The van der Waals surface area contributed by atoms with Crippen LogP contribution in [0.3, 0.4) is 0 Å². The molecule has 1 aliphatic rings. The summed E-state index contributed by atoms with van der Waals surface area (Å²) < 4.78 is 0. The highest BCUT2D eigenvalue weighted by atomic mass is 35.5. The second-order valence-electron chi connectivity index (χ2n) is 4.69. The van der Waals surface area contributed by atoms with Crippen LogP contribution in [0.2, 0.25) is 5.28 Å². The molecule has 1 aliphatic heterocycles. The van der Waals surface area contributed by atoms with Crippen molar-refractivity contribution in [2.24, 2.45) is 0 Å². The highest BCUT2D eigenvalue weighted by Crippen LogP contribution is 2.29. The zero-order chi connectivity index (χ0) is 13.1. The molecule has 0 amide bonds. The number of nitrogen functional groups attached to an aromatic ring is 1. The summed E-state index contributed by atoms with van der Waals surface area (Å²) in [6, 6.07) is 0.0696. The van der Waals surface area contributed by atoms with E-state index in [1.807, 2.05) is 6.92 Å². The van der Waals surface area contributed by atoms with Crippen molar-refractivity contribution in [1.82, 2.24) is 9.97 Å². The topological polar surface area (TPSA) is 75.3 Å². The molecule has 0 aliphatic carbocycles. The summed E-state index contributed by atoms with van der Waals surface area (Å²) in [6.07, 6.45) is 4.33. The van der Waals surface area contributed by atoms with Gasteiger partial charge < -0.3 is 15.7 Å². The minimum absolute atomic E-state index is 0.0696. The van der Waals surface area contributed by atoms with Gasteiger partial charge in [0.05, 0.1) is 24.0 Å². The average Bonchev–Trinajstić information content (AvgIpc) is 2.58. The highest BCUT2D eigenvalue weighted by molar-refractivity contribution is 6.28. The fourth-order valence-corrected chi connectivity index (χ4v) is 2.60. The summed E-state index contributed by atoms with van der Waals surface area (Å²) >= 11 is 5.91. The molecule has 2 rings (SSSR count). The SMILES string of the molecule is Cc1nc(Cl)nc(N2CCCCCC2CO)c1N. The van der Waals surface area contributed by atoms with Crippen LogP contribution in [0.25, 0.3) is 0 Å². The normalized spacial score (nSPS) is 20.8. The van der Waals surface area contributed by atoms with Crippen molar-refractivity contribution in [2.45, 2.75) is 38.6 Å². The molecule has 3 N–H and O–H groups in total. The number of anilines is 2. The molecule has 5 nitrogen and oxygen atoms in total. The first-order valence-electron chi connectivity index (χ1n) is 6.30. The second kappa shape index (κ2) is 5.71. The second-order valence-corrected chi connectivity index (χ2v) is 5.03. The first-order valence-corrected chi connectivity index (χ1v) is 6.68. The van der Waals surface area contributed by atoms with Crippen molar-refractivity contribution in [1.29, 1.82) is 0 Å². The average molecular weight is 271 g/mol. The Labute approximate surface area is 112 Å². The molecule has 6 heteroatoms. The number of aliphatic hydroxyl groups is 1. The zero-order valence-electron chi connectivity index (χ0n) is 10.6. The number of hydrogen-bond donors (Lipinski definition) is 2. The van der Waals surface area contributed by atoms with Gasteiger partial charge in [-0.2, -0.15) is 4.98 Å². The van der Waals surface area contributed by atoms with Gasteiger partial charge in [0, 0.05) is 6.54 Å². The van der Waals surface area contributed by atoms with Crippen LogP contribution in [0.4, 0.5) is 11.5 Å². The van der Waals surface area contributed by atoms with Gasteiger partial charge in [0.25, 0.3) is 0 Å². The number of nitrogens with two attached hydrogens (primary N) is 1. The van der Waals surface area contributed by atoms with Crippen molar-refractivity contribution >= 4 is 23.1 Å². The van der Waals surface area contributed by atoms with E-state index in [0.717, 1.165) is 25.8 Å². The molecule has 2 heterocycles. The molecule has 0 radical (unpaired) electrons. The maximum atomic E-state index is 9.52. The lowest BCUT2D eigenvalue weighted by Gasteiger charge is -2.30. The minimum atomic E-state index is 0.0696. The molecule has 0 spiro atoms. The van der Waals surface area contributed by atoms with Gasteiger partial charge in [0.1, 0.15) is 0 Å². The fraction of sp³-hybridized carbons (Fsp3) is 0.667. The number of hydrogen-bond acceptors (Lipinski definition) is 5. The number of rotatable bonds is 2. The molecule has 1 aromatic rings. The van der Waals surface area contributed by atoms with E-state index in [-0.39, 0.29) is 17.9 Å². The molecule has 1 saturated heterocycles. The molecule has 1 atom stereocenters. The smallest absolute Gasteiger partial charge is 0.224 e. The minimum Gasteiger partial charge on any atom is -0.394 e. The van der Waals surface area contributed by atoms with E-state index < -0.39 is 0 Å². The molecule has 0 aromatic carbocycles. The summed E-state index contributed by atoms with van der Waals surface area (Å²) in [5.74, 6) is 0.661. The predicted molar refractivity (Wildman–Crippen MR) is 72.9 cm³/mol. The molecule has 100 valence electrons. The number of aryl methyl sites for hydroxylation is 1. The molecule has 0 bridgehead atoms. The van der Waals surface area contributed by atoms with Crippen LogP contribution < -0.4 is 10.6 Å². The van der Waals surface area contributed by atoms with Crippen LogP contribution in [0.5, 0.6) is 0 Å². The van der Waals surface area contributed by atoms with Crippen LogP contribution >= 0.6 is 11.6 Å².